The van der Waals surface area contributed by atoms with Gasteiger partial charge in [0.05, 0.1) is 14.2 Å². The van der Waals surface area contributed by atoms with E-state index >= 15 is 0 Å². The Balaban J connectivity index is 1.48. The van der Waals surface area contributed by atoms with E-state index in [9.17, 15) is 4.79 Å². The van der Waals surface area contributed by atoms with Crippen LogP contribution in [0.4, 0.5) is 0 Å². The number of piperidine rings is 1. The molecule has 2 aliphatic rings. The van der Waals surface area contributed by atoms with E-state index in [1.54, 1.807) is 26.4 Å². The second-order valence-electron chi connectivity index (χ2n) is 7.54. The molecular formula is C21H28N4O3. The van der Waals surface area contributed by atoms with Crippen molar-refractivity contribution in [1.82, 2.24) is 19.7 Å². The zero-order valence-electron chi connectivity index (χ0n) is 16.7. The fourth-order valence-electron chi connectivity index (χ4n) is 4.37. The van der Waals surface area contributed by atoms with Crippen LogP contribution in [0, 0.1) is 0 Å². The first-order valence-corrected chi connectivity index (χ1v) is 10.1. The fraction of sp³-hybridized carbons (Fsp3) is 0.571. The summed E-state index contributed by atoms with van der Waals surface area (Å²) in [5, 5.41) is 8.95. The molecular weight excluding hydrogens is 356 g/mol. The first-order chi connectivity index (χ1) is 13.7. The van der Waals surface area contributed by atoms with Crippen LogP contribution in [0.1, 0.15) is 60.0 Å². The molecule has 1 aromatic heterocycles. The maximum absolute atomic E-state index is 13.2. The zero-order valence-corrected chi connectivity index (χ0v) is 16.7. The Morgan fingerprint density at radius 2 is 1.71 bits per heavy atom. The molecule has 4 rings (SSSR count). The zero-order chi connectivity index (χ0) is 19.5. The third-order valence-corrected chi connectivity index (χ3v) is 5.93. The molecule has 0 atom stereocenters. The van der Waals surface area contributed by atoms with E-state index in [0.717, 1.165) is 37.5 Å². The predicted molar refractivity (Wildman–Crippen MR) is 105 cm³/mol. The van der Waals surface area contributed by atoms with Crippen molar-refractivity contribution in [2.45, 2.75) is 51.0 Å². The molecule has 1 fully saturated rings. The van der Waals surface area contributed by atoms with E-state index < -0.39 is 0 Å². The first-order valence-electron chi connectivity index (χ1n) is 10.1. The average molecular weight is 384 g/mol. The molecule has 1 amide bonds. The van der Waals surface area contributed by atoms with E-state index in [2.05, 4.69) is 14.8 Å². The molecule has 0 N–H and O–H groups in total. The largest absolute Gasteiger partial charge is 0.496 e. The number of likely N-dealkylation sites (tertiary alicyclic amines) is 1. The molecule has 0 aliphatic carbocycles. The Morgan fingerprint density at radius 3 is 2.39 bits per heavy atom. The number of carbonyl (C=O) groups is 1. The van der Waals surface area contributed by atoms with Gasteiger partial charge in [-0.2, -0.15) is 0 Å². The van der Waals surface area contributed by atoms with Gasteiger partial charge in [0, 0.05) is 32.0 Å². The number of ether oxygens (including phenoxy) is 2. The van der Waals surface area contributed by atoms with Crippen molar-refractivity contribution in [1.29, 1.82) is 0 Å². The predicted octanol–water partition coefficient (Wildman–Crippen LogP) is 3.04. The number of aromatic nitrogens is 3. The van der Waals surface area contributed by atoms with Crippen LogP contribution in [0.3, 0.4) is 0 Å². The third-order valence-electron chi connectivity index (χ3n) is 5.93. The molecule has 2 aliphatic heterocycles. The van der Waals surface area contributed by atoms with Gasteiger partial charge in [0.25, 0.3) is 5.91 Å². The minimum Gasteiger partial charge on any atom is -0.496 e. The van der Waals surface area contributed by atoms with Gasteiger partial charge >= 0.3 is 0 Å². The molecule has 7 heteroatoms. The summed E-state index contributed by atoms with van der Waals surface area (Å²) < 4.78 is 13.1. The van der Waals surface area contributed by atoms with Gasteiger partial charge in [0.15, 0.2) is 0 Å². The van der Waals surface area contributed by atoms with E-state index in [1.165, 1.54) is 19.3 Å². The molecule has 1 aromatic carbocycles. The van der Waals surface area contributed by atoms with Crippen molar-refractivity contribution in [3.8, 4) is 11.5 Å². The lowest BCUT2D eigenvalue weighted by Crippen LogP contribution is -2.38. The lowest BCUT2D eigenvalue weighted by atomic mass is 9.95. The SMILES string of the molecule is COc1cccc(OC)c1C(=O)N1CCC(c2nnc3n2CCCCC3)CC1. The molecule has 0 saturated carbocycles. The van der Waals surface area contributed by atoms with Crippen molar-refractivity contribution >= 4 is 5.91 Å². The second-order valence-corrected chi connectivity index (χ2v) is 7.54. The molecule has 0 radical (unpaired) electrons. The highest BCUT2D eigenvalue weighted by molar-refractivity contribution is 5.99. The van der Waals surface area contributed by atoms with Crippen molar-refractivity contribution < 1.29 is 14.3 Å². The number of carbonyl (C=O) groups excluding carboxylic acids is 1. The number of fused-ring (bicyclic) bond motifs is 1. The summed E-state index contributed by atoms with van der Waals surface area (Å²) in [5.74, 6) is 3.67. The number of rotatable bonds is 4. The number of aryl methyl sites for hydroxylation is 1. The van der Waals surface area contributed by atoms with Gasteiger partial charge in [-0.1, -0.05) is 12.5 Å². The standard InChI is InChI=1S/C21H28N4O3/c1-27-16-7-6-8-17(28-2)19(16)21(26)24-13-10-15(11-14-24)20-23-22-18-9-4-3-5-12-25(18)20/h6-8,15H,3-5,9-14H2,1-2H3. The van der Waals surface area contributed by atoms with E-state index in [1.807, 2.05) is 11.0 Å². The summed E-state index contributed by atoms with van der Waals surface area (Å²) in [6, 6.07) is 5.43. The second kappa shape index (κ2) is 8.20. The van der Waals surface area contributed by atoms with Crippen LogP contribution in [0.15, 0.2) is 18.2 Å². The van der Waals surface area contributed by atoms with E-state index in [4.69, 9.17) is 9.47 Å². The maximum atomic E-state index is 13.2. The normalized spacial score (nSPS) is 17.7. The summed E-state index contributed by atoms with van der Waals surface area (Å²) >= 11 is 0. The van der Waals surface area contributed by atoms with Crippen LogP contribution in [0.5, 0.6) is 11.5 Å². The minimum absolute atomic E-state index is 0.0344. The number of amides is 1. The van der Waals surface area contributed by atoms with Gasteiger partial charge in [-0.3, -0.25) is 4.79 Å². The highest BCUT2D eigenvalue weighted by atomic mass is 16.5. The first kappa shape index (κ1) is 18.8. The summed E-state index contributed by atoms with van der Waals surface area (Å²) in [6.07, 6.45) is 6.49. The number of hydrogen-bond donors (Lipinski definition) is 0. The van der Waals surface area contributed by atoms with Gasteiger partial charge < -0.3 is 18.9 Å². The number of nitrogens with zero attached hydrogens (tertiary/aromatic N) is 4. The molecule has 3 heterocycles. The van der Waals surface area contributed by atoms with Gasteiger partial charge in [-0.05, 0) is 37.8 Å². The summed E-state index contributed by atoms with van der Waals surface area (Å²) in [7, 11) is 3.16. The van der Waals surface area contributed by atoms with Gasteiger partial charge in [-0.25, -0.2) is 0 Å². The fourth-order valence-corrected chi connectivity index (χ4v) is 4.37. The van der Waals surface area contributed by atoms with Crippen LogP contribution < -0.4 is 9.47 Å². The van der Waals surface area contributed by atoms with Crippen molar-refractivity contribution in [3.05, 3.63) is 35.4 Å². The van der Waals surface area contributed by atoms with Gasteiger partial charge in [0.1, 0.15) is 28.7 Å². The van der Waals surface area contributed by atoms with Crippen LogP contribution in [0.2, 0.25) is 0 Å². The molecule has 2 aromatic rings. The molecule has 0 spiro atoms. The summed E-state index contributed by atoms with van der Waals surface area (Å²) in [5.41, 5.74) is 0.502. The number of benzene rings is 1. The highest BCUT2D eigenvalue weighted by Gasteiger charge is 2.31. The maximum Gasteiger partial charge on any atom is 0.261 e. The number of methoxy groups -OCH3 is 2. The Morgan fingerprint density at radius 1 is 1.00 bits per heavy atom. The highest BCUT2D eigenvalue weighted by Crippen LogP contribution is 2.33. The van der Waals surface area contributed by atoms with Crippen molar-refractivity contribution in [3.63, 3.8) is 0 Å². The Bertz CT molecular complexity index is 818. The van der Waals surface area contributed by atoms with E-state index in [0.29, 0.717) is 36.1 Å². The summed E-state index contributed by atoms with van der Waals surface area (Å²) in [6.45, 7) is 2.43. The van der Waals surface area contributed by atoms with Crippen molar-refractivity contribution in [2.24, 2.45) is 0 Å². The van der Waals surface area contributed by atoms with Crippen LogP contribution in [-0.2, 0) is 13.0 Å². The van der Waals surface area contributed by atoms with Crippen molar-refractivity contribution in [2.75, 3.05) is 27.3 Å². The van der Waals surface area contributed by atoms with Crippen LogP contribution >= 0.6 is 0 Å². The molecule has 0 bridgehead atoms. The van der Waals surface area contributed by atoms with E-state index in [-0.39, 0.29) is 5.91 Å². The summed E-state index contributed by atoms with van der Waals surface area (Å²) in [4.78, 5) is 15.1. The number of hydrogen-bond acceptors (Lipinski definition) is 5. The molecule has 7 nitrogen and oxygen atoms in total. The van der Waals surface area contributed by atoms with Crippen LogP contribution in [-0.4, -0.2) is 52.9 Å². The topological polar surface area (TPSA) is 69.5 Å². The lowest BCUT2D eigenvalue weighted by Gasteiger charge is -2.32. The third kappa shape index (κ3) is 3.45. The molecule has 0 unspecified atom stereocenters. The monoisotopic (exact) mass is 384 g/mol. The Labute approximate surface area is 165 Å². The molecule has 150 valence electrons. The minimum atomic E-state index is -0.0344. The van der Waals surface area contributed by atoms with Gasteiger partial charge in [-0.15, -0.1) is 10.2 Å². The van der Waals surface area contributed by atoms with Crippen LogP contribution in [0.25, 0.3) is 0 Å². The molecule has 1 saturated heterocycles. The smallest absolute Gasteiger partial charge is 0.261 e. The Kier molecular flexibility index (Phi) is 5.50. The Hall–Kier alpha value is -2.57. The quantitative estimate of drug-likeness (QED) is 0.810. The average Bonchev–Trinajstić information content (AvgIpc) is 3.00. The van der Waals surface area contributed by atoms with Gasteiger partial charge in [0.2, 0.25) is 0 Å². The molecule has 28 heavy (non-hydrogen) atoms. The lowest BCUT2D eigenvalue weighted by molar-refractivity contribution is 0.0703.